The standard InChI is InChI=1S/C13H17ClN2O3/c1-7(2)11(6-12(17)18)16-10-4-3-8(13(15)19)5-9(10)14/h3-5,7,11,16H,6H2,1-2H3,(H2,15,19)(H,17,18). The molecule has 1 atom stereocenters. The topological polar surface area (TPSA) is 92.4 Å². The van der Waals surface area contributed by atoms with Crippen molar-refractivity contribution in [2.45, 2.75) is 26.3 Å². The second-order valence-electron chi connectivity index (χ2n) is 4.65. The molecular formula is C13H17ClN2O3. The summed E-state index contributed by atoms with van der Waals surface area (Å²) >= 11 is 6.04. The molecule has 0 aliphatic rings. The molecule has 0 saturated carbocycles. The number of nitrogens with two attached hydrogens (primary N) is 1. The summed E-state index contributed by atoms with van der Waals surface area (Å²) in [6, 6.07) is 4.40. The molecule has 0 fully saturated rings. The molecule has 1 rings (SSSR count). The van der Waals surface area contributed by atoms with E-state index in [-0.39, 0.29) is 18.4 Å². The van der Waals surface area contributed by atoms with Crippen LogP contribution in [0.5, 0.6) is 0 Å². The Morgan fingerprint density at radius 1 is 1.42 bits per heavy atom. The molecule has 0 aliphatic heterocycles. The Kier molecular flexibility index (Phi) is 5.18. The molecule has 0 heterocycles. The monoisotopic (exact) mass is 284 g/mol. The van der Waals surface area contributed by atoms with Gasteiger partial charge in [0.25, 0.3) is 0 Å². The van der Waals surface area contributed by atoms with Gasteiger partial charge < -0.3 is 16.2 Å². The van der Waals surface area contributed by atoms with Gasteiger partial charge in [0.1, 0.15) is 0 Å². The maximum Gasteiger partial charge on any atom is 0.305 e. The van der Waals surface area contributed by atoms with Crippen LogP contribution in [0.15, 0.2) is 18.2 Å². The van der Waals surface area contributed by atoms with Crippen LogP contribution >= 0.6 is 11.6 Å². The van der Waals surface area contributed by atoms with Gasteiger partial charge in [0.05, 0.1) is 17.1 Å². The number of amides is 1. The van der Waals surface area contributed by atoms with Gasteiger partial charge in [-0.05, 0) is 24.1 Å². The number of benzene rings is 1. The van der Waals surface area contributed by atoms with E-state index < -0.39 is 11.9 Å². The van der Waals surface area contributed by atoms with Crippen molar-refractivity contribution in [1.82, 2.24) is 0 Å². The molecule has 19 heavy (non-hydrogen) atoms. The van der Waals surface area contributed by atoms with Crippen molar-refractivity contribution in [1.29, 1.82) is 0 Å². The molecule has 1 amide bonds. The highest BCUT2D eigenvalue weighted by Gasteiger charge is 2.18. The molecule has 0 saturated heterocycles. The molecule has 0 spiro atoms. The largest absolute Gasteiger partial charge is 0.481 e. The molecule has 104 valence electrons. The number of nitrogens with one attached hydrogen (secondary N) is 1. The highest BCUT2D eigenvalue weighted by molar-refractivity contribution is 6.33. The van der Waals surface area contributed by atoms with Crippen molar-refractivity contribution >= 4 is 29.2 Å². The fourth-order valence-corrected chi connectivity index (χ4v) is 1.86. The number of carbonyl (C=O) groups is 2. The Hall–Kier alpha value is -1.75. The van der Waals surface area contributed by atoms with E-state index in [0.29, 0.717) is 16.3 Å². The van der Waals surface area contributed by atoms with Crippen LogP contribution in [0.3, 0.4) is 0 Å². The molecular weight excluding hydrogens is 268 g/mol. The highest BCUT2D eigenvalue weighted by atomic mass is 35.5. The third-order valence-electron chi connectivity index (χ3n) is 2.79. The summed E-state index contributed by atoms with van der Waals surface area (Å²) < 4.78 is 0. The van der Waals surface area contributed by atoms with Crippen LogP contribution in [0.2, 0.25) is 5.02 Å². The first-order valence-corrected chi connectivity index (χ1v) is 6.26. The molecule has 1 aromatic rings. The van der Waals surface area contributed by atoms with Crippen molar-refractivity contribution in [2.24, 2.45) is 11.7 Å². The lowest BCUT2D eigenvalue weighted by atomic mass is 10.0. The van der Waals surface area contributed by atoms with Gasteiger partial charge in [-0.15, -0.1) is 0 Å². The van der Waals surface area contributed by atoms with Crippen LogP contribution in [0.25, 0.3) is 0 Å². The molecule has 6 heteroatoms. The second kappa shape index (κ2) is 6.43. The average molecular weight is 285 g/mol. The van der Waals surface area contributed by atoms with Gasteiger partial charge in [0, 0.05) is 11.6 Å². The van der Waals surface area contributed by atoms with Crippen LogP contribution in [-0.2, 0) is 4.79 Å². The summed E-state index contributed by atoms with van der Waals surface area (Å²) in [5, 5.41) is 12.3. The third-order valence-corrected chi connectivity index (χ3v) is 3.11. The van der Waals surface area contributed by atoms with Gasteiger partial charge >= 0.3 is 5.97 Å². The summed E-state index contributed by atoms with van der Waals surface area (Å²) in [4.78, 5) is 21.8. The van der Waals surface area contributed by atoms with E-state index >= 15 is 0 Å². The molecule has 5 nitrogen and oxygen atoms in total. The molecule has 0 aliphatic carbocycles. The van der Waals surface area contributed by atoms with Crippen LogP contribution in [0.4, 0.5) is 5.69 Å². The lowest BCUT2D eigenvalue weighted by Gasteiger charge is -2.22. The van der Waals surface area contributed by atoms with Crippen molar-refractivity contribution in [2.75, 3.05) is 5.32 Å². The fraction of sp³-hybridized carbons (Fsp3) is 0.385. The zero-order chi connectivity index (χ0) is 14.6. The summed E-state index contributed by atoms with van der Waals surface area (Å²) in [5.74, 6) is -1.31. The van der Waals surface area contributed by atoms with Crippen molar-refractivity contribution < 1.29 is 14.7 Å². The van der Waals surface area contributed by atoms with Gasteiger partial charge in [-0.2, -0.15) is 0 Å². The van der Waals surface area contributed by atoms with E-state index in [1.807, 2.05) is 13.8 Å². The smallest absolute Gasteiger partial charge is 0.305 e. The zero-order valence-electron chi connectivity index (χ0n) is 10.8. The zero-order valence-corrected chi connectivity index (χ0v) is 11.6. The molecule has 4 N–H and O–H groups in total. The van der Waals surface area contributed by atoms with Gasteiger partial charge in [-0.1, -0.05) is 25.4 Å². The van der Waals surface area contributed by atoms with E-state index in [9.17, 15) is 9.59 Å². The first-order valence-electron chi connectivity index (χ1n) is 5.89. The minimum Gasteiger partial charge on any atom is -0.481 e. The average Bonchev–Trinajstić information content (AvgIpc) is 2.29. The number of hydrogen-bond donors (Lipinski definition) is 3. The Balaban J connectivity index is 2.91. The van der Waals surface area contributed by atoms with Gasteiger partial charge in [0.2, 0.25) is 5.91 Å². The Bertz CT molecular complexity index is 489. The lowest BCUT2D eigenvalue weighted by molar-refractivity contribution is -0.137. The van der Waals surface area contributed by atoms with Crippen molar-refractivity contribution in [3.05, 3.63) is 28.8 Å². The van der Waals surface area contributed by atoms with Crippen LogP contribution < -0.4 is 11.1 Å². The Labute approximate surface area is 116 Å². The van der Waals surface area contributed by atoms with E-state index in [2.05, 4.69) is 5.32 Å². The molecule has 0 radical (unpaired) electrons. The van der Waals surface area contributed by atoms with Crippen LogP contribution in [0, 0.1) is 5.92 Å². The number of carboxylic acid groups (broad SMARTS) is 1. The number of halogens is 1. The van der Waals surface area contributed by atoms with E-state index in [1.54, 1.807) is 12.1 Å². The van der Waals surface area contributed by atoms with E-state index in [4.69, 9.17) is 22.4 Å². The predicted octanol–water partition coefficient (Wildman–Crippen LogP) is 2.35. The number of hydrogen-bond acceptors (Lipinski definition) is 3. The number of primary amides is 1. The van der Waals surface area contributed by atoms with Crippen molar-refractivity contribution in [3.8, 4) is 0 Å². The van der Waals surface area contributed by atoms with Crippen LogP contribution in [0.1, 0.15) is 30.6 Å². The number of carbonyl (C=O) groups excluding carboxylic acids is 1. The third kappa shape index (κ3) is 4.44. The minimum atomic E-state index is -0.879. The number of aliphatic carboxylic acids is 1. The Morgan fingerprint density at radius 2 is 2.05 bits per heavy atom. The van der Waals surface area contributed by atoms with E-state index in [0.717, 1.165) is 0 Å². The predicted molar refractivity (Wildman–Crippen MR) is 74.5 cm³/mol. The summed E-state index contributed by atoms with van der Waals surface area (Å²) in [6.45, 7) is 3.85. The number of carboxylic acids is 1. The summed E-state index contributed by atoms with van der Waals surface area (Å²) in [6.07, 6.45) is -0.00837. The SMILES string of the molecule is CC(C)C(CC(=O)O)Nc1ccc(C(N)=O)cc1Cl. The molecule has 1 aromatic carbocycles. The quantitative estimate of drug-likeness (QED) is 0.747. The minimum absolute atomic E-state index is 0.00837. The van der Waals surface area contributed by atoms with Gasteiger partial charge in [0.15, 0.2) is 0 Å². The lowest BCUT2D eigenvalue weighted by Crippen LogP contribution is -2.28. The fourth-order valence-electron chi connectivity index (χ4n) is 1.63. The first kappa shape index (κ1) is 15.3. The van der Waals surface area contributed by atoms with Crippen LogP contribution in [-0.4, -0.2) is 23.0 Å². The maximum absolute atomic E-state index is 11.0. The number of anilines is 1. The summed E-state index contributed by atoms with van der Waals surface area (Å²) in [5.41, 5.74) is 6.06. The van der Waals surface area contributed by atoms with Crippen molar-refractivity contribution in [3.63, 3.8) is 0 Å². The second-order valence-corrected chi connectivity index (χ2v) is 5.06. The normalized spacial score (nSPS) is 12.2. The van der Waals surface area contributed by atoms with Gasteiger partial charge in [-0.25, -0.2) is 0 Å². The van der Waals surface area contributed by atoms with Gasteiger partial charge in [-0.3, -0.25) is 9.59 Å². The maximum atomic E-state index is 11.0. The first-order chi connectivity index (χ1) is 8.81. The molecule has 0 aromatic heterocycles. The highest BCUT2D eigenvalue weighted by Crippen LogP contribution is 2.25. The summed E-state index contributed by atoms with van der Waals surface area (Å²) in [7, 11) is 0. The molecule has 1 unspecified atom stereocenters. The Morgan fingerprint density at radius 3 is 2.47 bits per heavy atom. The van der Waals surface area contributed by atoms with E-state index in [1.165, 1.54) is 6.07 Å². The molecule has 0 bridgehead atoms. The number of rotatable bonds is 6.